The molecule has 5 nitrogen and oxygen atoms in total. The van der Waals surface area contributed by atoms with Crippen molar-refractivity contribution in [2.24, 2.45) is 0 Å². The van der Waals surface area contributed by atoms with Crippen LogP contribution in [0.25, 0.3) is 0 Å². The average molecular weight is 355 g/mol. The molecule has 0 aliphatic heterocycles. The second-order valence-corrected chi connectivity index (χ2v) is 5.34. The lowest BCUT2D eigenvalue weighted by Crippen LogP contribution is -2.14. The number of carbonyl (C=O) groups is 1. The number of aromatic nitrogens is 1. The van der Waals surface area contributed by atoms with Gasteiger partial charge >= 0.3 is 0 Å². The number of nitrogens with one attached hydrogen (secondary N) is 2. The summed E-state index contributed by atoms with van der Waals surface area (Å²) in [5.41, 5.74) is 1.64. The first kappa shape index (κ1) is 17.3. The highest BCUT2D eigenvalue weighted by Gasteiger charge is 2.11. The van der Waals surface area contributed by atoms with Crippen LogP contribution in [-0.2, 0) is 0 Å². The Morgan fingerprint density at radius 1 is 1.00 bits per heavy atom. The highest BCUT2D eigenvalue weighted by Crippen LogP contribution is 2.24. The Labute approximate surface area is 148 Å². The normalized spacial score (nSPS) is 10.3. The molecule has 0 atom stereocenters. The van der Waals surface area contributed by atoms with Gasteiger partial charge in [-0.15, -0.1) is 0 Å². The first-order valence-corrected chi connectivity index (χ1v) is 7.69. The number of pyridine rings is 1. The molecule has 0 fully saturated rings. The van der Waals surface area contributed by atoms with Gasteiger partial charge in [-0.1, -0.05) is 12.1 Å². The van der Waals surface area contributed by atoms with Crippen LogP contribution in [0.4, 0.5) is 25.8 Å². The van der Waals surface area contributed by atoms with Gasteiger partial charge in [0.05, 0.1) is 24.7 Å². The van der Waals surface area contributed by atoms with Gasteiger partial charge in [0, 0.05) is 11.8 Å². The fourth-order valence-electron chi connectivity index (χ4n) is 2.28. The van der Waals surface area contributed by atoms with E-state index in [0.717, 1.165) is 12.1 Å². The molecule has 0 unspecified atom stereocenters. The Morgan fingerprint density at radius 2 is 1.77 bits per heavy atom. The van der Waals surface area contributed by atoms with Gasteiger partial charge in [0.15, 0.2) is 11.6 Å². The van der Waals surface area contributed by atoms with Crippen LogP contribution < -0.4 is 15.4 Å². The lowest BCUT2D eigenvalue weighted by molar-refractivity contribution is 0.102. The summed E-state index contributed by atoms with van der Waals surface area (Å²) in [4.78, 5) is 16.4. The largest absolute Gasteiger partial charge is 0.495 e. The summed E-state index contributed by atoms with van der Waals surface area (Å²) in [7, 11) is 1.52. The van der Waals surface area contributed by atoms with Gasteiger partial charge in [0.2, 0.25) is 0 Å². The predicted molar refractivity (Wildman–Crippen MR) is 94.8 cm³/mol. The SMILES string of the molecule is COc1ccccc1NC(=O)c1ccc(Nc2ccc(F)c(F)c2)cn1. The lowest BCUT2D eigenvalue weighted by atomic mass is 10.2. The van der Waals surface area contributed by atoms with Gasteiger partial charge < -0.3 is 15.4 Å². The monoisotopic (exact) mass is 355 g/mol. The van der Waals surface area contributed by atoms with Crippen LogP contribution in [0.5, 0.6) is 5.75 Å². The molecular formula is C19H15F2N3O2. The Morgan fingerprint density at radius 3 is 2.46 bits per heavy atom. The minimum atomic E-state index is -0.948. The van der Waals surface area contributed by atoms with Crippen LogP contribution in [0.1, 0.15) is 10.5 Å². The van der Waals surface area contributed by atoms with E-state index in [0.29, 0.717) is 22.8 Å². The molecule has 0 spiro atoms. The topological polar surface area (TPSA) is 63.2 Å². The summed E-state index contributed by atoms with van der Waals surface area (Å²) in [6.07, 6.45) is 1.43. The van der Waals surface area contributed by atoms with Crippen molar-refractivity contribution in [2.45, 2.75) is 0 Å². The number of benzene rings is 2. The first-order chi connectivity index (χ1) is 12.6. The Bertz CT molecular complexity index is 930. The number of halogens is 2. The van der Waals surface area contributed by atoms with E-state index in [9.17, 15) is 13.6 Å². The zero-order valence-corrected chi connectivity index (χ0v) is 13.8. The van der Waals surface area contributed by atoms with Gasteiger partial charge in [-0.3, -0.25) is 4.79 Å². The number of rotatable bonds is 5. The number of anilines is 3. The fraction of sp³-hybridized carbons (Fsp3) is 0.0526. The average Bonchev–Trinajstić information content (AvgIpc) is 2.66. The molecule has 2 N–H and O–H groups in total. The maximum Gasteiger partial charge on any atom is 0.274 e. The fourth-order valence-corrected chi connectivity index (χ4v) is 2.28. The standard InChI is InChI=1S/C19H15F2N3O2/c1-26-18-5-3-2-4-16(18)24-19(25)17-9-7-13(11-22-17)23-12-6-8-14(20)15(21)10-12/h2-11,23H,1H3,(H,24,25). The van der Waals surface area contributed by atoms with E-state index in [1.54, 1.807) is 30.3 Å². The molecule has 0 aliphatic carbocycles. The highest BCUT2D eigenvalue weighted by atomic mass is 19.2. The maximum atomic E-state index is 13.2. The number of methoxy groups -OCH3 is 1. The van der Waals surface area contributed by atoms with Crippen molar-refractivity contribution in [2.75, 3.05) is 17.7 Å². The maximum absolute atomic E-state index is 13.2. The highest BCUT2D eigenvalue weighted by molar-refractivity contribution is 6.03. The summed E-state index contributed by atoms with van der Waals surface area (Å²) < 4.78 is 31.4. The molecule has 0 bridgehead atoms. The molecule has 132 valence electrons. The molecule has 3 rings (SSSR count). The molecule has 1 heterocycles. The lowest BCUT2D eigenvalue weighted by Gasteiger charge is -2.10. The number of hydrogen-bond acceptors (Lipinski definition) is 4. The van der Waals surface area contributed by atoms with Crippen molar-refractivity contribution in [3.05, 3.63) is 78.1 Å². The third-order valence-electron chi connectivity index (χ3n) is 3.56. The second kappa shape index (κ2) is 7.60. The van der Waals surface area contributed by atoms with Gasteiger partial charge in [-0.05, 0) is 36.4 Å². The van der Waals surface area contributed by atoms with Crippen molar-refractivity contribution in [1.82, 2.24) is 4.98 Å². The van der Waals surface area contributed by atoms with Crippen molar-refractivity contribution >= 4 is 23.0 Å². The molecule has 7 heteroatoms. The molecule has 26 heavy (non-hydrogen) atoms. The van der Waals surface area contributed by atoms with E-state index in [1.165, 1.54) is 25.4 Å². The number of amides is 1. The van der Waals surface area contributed by atoms with Gasteiger partial charge in [-0.25, -0.2) is 13.8 Å². The van der Waals surface area contributed by atoms with E-state index < -0.39 is 17.5 Å². The molecule has 2 aromatic carbocycles. The third-order valence-corrected chi connectivity index (χ3v) is 3.56. The van der Waals surface area contributed by atoms with Crippen molar-refractivity contribution in [1.29, 1.82) is 0 Å². The third kappa shape index (κ3) is 3.94. The minimum Gasteiger partial charge on any atom is -0.495 e. The van der Waals surface area contributed by atoms with E-state index in [2.05, 4.69) is 15.6 Å². The van der Waals surface area contributed by atoms with E-state index >= 15 is 0 Å². The van der Waals surface area contributed by atoms with Gasteiger partial charge in [0.1, 0.15) is 11.4 Å². The van der Waals surface area contributed by atoms with Gasteiger partial charge in [0.25, 0.3) is 5.91 Å². The van der Waals surface area contributed by atoms with Crippen LogP contribution in [0.2, 0.25) is 0 Å². The molecule has 1 aromatic heterocycles. The molecule has 3 aromatic rings. The molecular weight excluding hydrogens is 340 g/mol. The smallest absolute Gasteiger partial charge is 0.274 e. The Balaban J connectivity index is 1.70. The molecule has 1 amide bonds. The summed E-state index contributed by atoms with van der Waals surface area (Å²) >= 11 is 0. The van der Waals surface area contributed by atoms with Crippen molar-refractivity contribution in [3.63, 3.8) is 0 Å². The quantitative estimate of drug-likeness (QED) is 0.714. The summed E-state index contributed by atoms with van der Waals surface area (Å²) in [5.74, 6) is -1.72. The summed E-state index contributed by atoms with van der Waals surface area (Å²) in [5, 5.41) is 5.61. The molecule has 0 saturated carbocycles. The number of para-hydroxylation sites is 2. The van der Waals surface area contributed by atoms with Crippen LogP contribution in [0.3, 0.4) is 0 Å². The van der Waals surface area contributed by atoms with E-state index in [-0.39, 0.29) is 5.69 Å². The van der Waals surface area contributed by atoms with Crippen LogP contribution in [0.15, 0.2) is 60.8 Å². The summed E-state index contributed by atoms with van der Waals surface area (Å²) in [6.45, 7) is 0. The minimum absolute atomic E-state index is 0.201. The number of nitrogens with zero attached hydrogens (tertiary/aromatic N) is 1. The zero-order chi connectivity index (χ0) is 18.5. The molecule has 0 aliphatic rings. The van der Waals surface area contributed by atoms with E-state index in [1.807, 2.05) is 0 Å². The van der Waals surface area contributed by atoms with Crippen molar-refractivity contribution < 1.29 is 18.3 Å². The van der Waals surface area contributed by atoms with E-state index in [4.69, 9.17) is 4.74 Å². The van der Waals surface area contributed by atoms with Crippen LogP contribution in [-0.4, -0.2) is 18.0 Å². The number of hydrogen-bond donors (Lipinski definition) is 2. The molecule has 0 saturated heterocycles. The van der Waals surface area contributed by atoms with Gasteiger partial charge in [-0.2, -0.15) is 0 Å². The first-order valence-electron chi connectivity index (χ1n) is 7.69. The Hall–Kier alpha value is -3.48. The predicted octanol–water partition coefficient (Wildman–Crippen LogP) is 4.36. The van der Waals surface area contributed by atoms with Crippen LogP contribution in [0, 0.1) is 11.6 Å². The van der Waals surface area contributed by atoms with Crippen LogP contribution >= 0.6 is 0 Å². The molecule has 0 radical (unpaired) electrons. The number of ether oxygens (including phenoxy) is 1. The Kier molecular flexibility index (Phi) is 5.07. The second-order valence-electron chi connectivity index (χ2n) is 5.34. The number of carbonyl (C=O) groups excluding carboxylic acids is 1. The van der Waals surface area contributed by atoms with Crippen molar-refractivity contribution in [3.8, 4) is 5.75 Å². The zero-order valence-electron chi connectivity index (χ0n) is 13.8. The summed E-state index contributed by atoms with van der Waals surface area (Å²) in [6, 6.07) is 13.6.